The lowest BCUT2D eigenvalue weighted by Gasteiger charge is -2.18. The number of carboxylic acids is 1. The minimum atomic E-state index is -0.892. The van der Waals surface area contributed by atoms with E-state index in [0.29, 0.717) is 11.5 Å². The summed E-state index contributed by atoms with van der Waals surface area (Å²) in [5, 5.41) is 12.4. The van der Waals surface area contributed by atoms with Crippen molar-refractivity contribution in [3.63, 3.8) is 0 Å². The Morgan fingerprint density at radius 1 is 1.56 bits per heavy atom. The van der Waals surface area contributed by atoms with E-state index in [0.717, 1.165) is 30.8 Å². The Morgan fingerprint density at radius 3 is 2.94 bits per heavy atom. The molecular formula is C14H19NO3. The second-order valence-electron chi connectivity index (χ2n) is 4.81. The van der Waals surface area contributed by atoms with E-state index in [1.165, 1.54) is 0 Å². The molecule has 18 heavy (non-hydrogen) atoms. The maximum absolute atomic E-state index is 11.2. The van der Waals surface area contributed by atoms with Crippen molar-refractivity contribution in [1.29, 1.82) is 0 Å². The van der Waals surface area contributed by atoms with Crippen LogP contribution in [-0.2, 0) is 4.74 Å². The predicted molar refractivity (Wildman–Crippen MR) is 70.1 cm³/mol. The zero-order chi connectivity index (χ0) is 13.1. The highest BCUT2D eigenvalue weighted by atomic mass is 16.5. The van der Waals surface area contributed by atoms with Crippen LogP contribution in [0.5, 0.6) is 0 Å². The third-order valence-corrected chi connectivity index (χ3v) is 3.58. The summed E-state index contributed by atoms with van der Waals surface area (Å²) >= 11 is 0. The normalized spacial score (nSPS) is 23.0. The summed E-state index contributed by atoms with van der Waals surface area (Å²) in [6.07, 6.45) is 1.28. The fraction of sp³-hybridized carbons (Fsp3) is 0.500. The predicted octanol–water partition coefficient (Wildman–Crippen LogP) is 2.53. The second kappa shape index (κ2) is 5.40. The first-order valence-corrected chi connectivity index (χ1v) is 6.28. The van der Waals surface area contributed by atoms with Crippen molar-refractivity contribution in [2.45, 2.75) is 26.4 Å². The molecule has 0 radical (unpaired) electrons. The van der Waals surface area contributed by atoms with E-state index in [1.54, 1.807) is 12.1 Å². The van der Waals surface area contributed by atoms with Crippen LogP contribution in [0.4, 0.5) is 5.69 Å². The standard InChI is InChI=1S/C14H19NO3/c1-9-4-3-5-12(14(16)17)13(9)15-8-11-6-7-18-10(11)2/h3-5,10-11,15H,6-8H2,1-2H3,(H,16,17). The molecule has 98 valence electrons. The van der Waals surface area contributed by atoms with Crippen LogP contribution in [0.15, 0.2) is 18.2 Å². The van der Waals surface area contributed by atoms with Crippen LogP contribution in [0.1, 0.15) is 29.3 Å². The lowest BCUT2D eigenvalue weighted by atomic mass is 10.0. The Hall–Kier alpha value is -1.55. The van der Waals surface area contributed by atoms with Crippen LogP contribution in [0.3, 0.4) is 0 Å². The number of rotatable bonds is 4. The topological polar surface area (TPSA) is 58.6 Å². The quantitative estimate of drug-likeness (QED) is 0.861. The third-order valence-electron chi connectivity index (χ3n) is 3.58. The van der Waals surface area contributed by atoms with Crippen molar-refractivity contribution in [2.75, 3.05) is 18.5 Å². The van der Waals surface area contributed by atoms with E-state index in [-0.39, 0.29) is 6.10 Å². The molecule has 1 heterocycles. The molecule has 0 spiro atoms. The lowest BCUT2D eigenvalue weighted by molar-refractivity contribution is 0.0698. The second-order valence-corrected chi connectivity index (χ2v) is 4.81. The van der Waals surface area contributed by atoms with Crippen LogP contribution in [0, 0.1) is 12.8 Å². The fourth-order valence-electron chi connectivity index (χ4n) is 2.36. The zero-order valence-corrected chi connectivity index (χ0v) is 10.8. The number of hydrogen-bond donors (Lipinski definition) is 2. The third kappa shape index (κ3) is 2.64. The Bertz CT molecular complexity index is 445. The molecule has 0 saturated carbocycles. The minimum absolute atomic E-state index is 0.245. The van der Waals surface area contributed by atoms with Crippen LogP contribution < -0.4 is 5.32 Å². The Kier molecular flexibility index (Phi) is 3.87. The van der Waals surface area contributed by atoms with E-state index in [9.17, 15) is 4.79 Å². The molecule has 1 aliphatic heterocycles. The van der Waals surface area contributed by atoms with Gasteiger partial charge in [0.05, 0.1) is 17.4 Å². The Balaban J connectivity index is 2.11. The maximum Gasteiger partial charge on any atom is 0.337 e. The largest absolute Gasteiger partial charge is 0.478 e. The molecule has 1 aromatic carbocycles. The highest BCUT2D eigenvalue weighted by molar-refractivity contribution is 5.95. The zero-order valence-electron chi connectivity index (χ0n) is 10.8. The van der Waals surface area contributed by atoms with Crippen LogP contribution in [0.25, 0.3) is 0 Å². The summed E-state index contributed by atoms with van der Waals surface area (Å²) in [5.41, 5.74) is 2.02. The van der Waals surface area contributed by atoms with Gasteiger partial charge in [-0.3, -0.25) is 0 Å². The van der Waals surface area contributed by atoms with Gasteiger partial charge in [0, 0.05) is 19.1 Å². The SMILES string of the molecule is Cc1cccc(C(=O)O)c1NCC1CCOC1C. The number of carboxylic acid groups (broad SMARTS) is 1. The number of benzene rings is 1. The molecule has 4 heteroatoms. The van der Waals surface area contributed by atoms with Gasteiger partial charge in [0.25, 0.3) is 0 Å². The van der Waals surface area contributed by atoms with Gasteiger partial charge in [0.1, 0.15) is 0 Å². The highest BCUT2D eigenvalue weighted by Gasteiger charge is 2.24. The average Bonchev–Trinajstić information content (AvgIpc) is 2.73. The molecule has 2 unspecified atom stereocenters. The molecule has 0 aliphatic carbocycles. The van der Waals surface area contributed by atoms with E-state index < -0.39 is 5.97 Å². The molecule has 1 fully saturated rings. The summed E-state index contributed by atoms with van der Waals surface area (Å²) < 4.78 is 5.51. The fourth-order valence-corrected chi connectivity index (χ4v) is 2.36. The first kappa shape index (κ1) is 12.9. The number of aromatic carboxylic acids is 1. The first-order chi connectivity index (χ1) is 8.59. The van der Waals surface area contributed by atoms with Gasteiger partial charge >= 0.3 is 5.97 Å². The van der Waals surface area contributed by atoms with Gasteiger partial charge in [0.15, 0.2) is 0 Å². The molecule has 1 saturated heterocycles. The summed E-state index contributed by atoms with van der Waals surface area (Å²) in [4.78, 5) is 11.2. The molecule has 2 rings (SSSR count). The minimum Gasteiger partial charge on any atom is -0.478 e. The van der Waals surface area contributed by atoms with Gasteiger partial charge in [0.2, 0.25) is 0 Å². The van der Waals surface area contributed by atoms with Gasteiger partial charge in [-0.25, -0.2) is 4.79 Å². The summed E-state index contributed by atoms with van der Waals surface area (Å²) in [6.45, 7) is 5.54. The van der Waals surface area contributed by atoms with Crippen LogP contribution >= 0.6 is 0 Å². The molecule has 1 aliphatic rings. The van der Waals surface area contributed by atoms with Gasteiger partial charge < -0.3 is 15.2 Å². The highest BCUT2D eigenvalue weighted by Crippen LogP contribution is 2.24. The average molecular weight is 249 g/mol. The van der Waals surface area contributed by atoms with Crippen molar-refractivity contribution in [3.8, 4) is 0 Å². The number of nitrogens with one attached hydrogen (secondary N) is 1. The van der Waals surface area contributed by atoms with E-state index in [2.05, 4.69) is 12.2 Å². The van der Waals surface area contributed by atoms with E-state index in [4.69, 9.17) is 9.84 Å². The molecule has 1 aromatic rings. The van der Waals surface area contributed by atoms with Crippen molar-refractivity contribution >= 4 is 11.7 Å². The number of aryl methyl sites for hydroxylation is 1. The number of para-hydroxylation sites is 1. The number of anilines is 1. The van der Waals surface area contributed by atoms with Crippen molar-refractivity contribution in [3.05, 3.63) is 29.3 Å². The molecule has 2 N–H and O–H groups in total. The smallest absolute Gasteiger partial charge is 0.337 e. The van der Waals surface area contributed by atoms with Crippen molar-refractivity contribution < 1.29 is 14.6 Å². The Morgan fingerprint density at radius 2 is 2.33 bits per heavy atom. The molecule has 0 aromatic heterocycles. The van der Waals surface area contributed by atoms with Crippen LogP contribution in [-0.4, -0.2) is 30.3 Å². The van der Waals surface area contributed by atoms with Gasteiger partial charge in [-0.05, 0) is 31.9 Å². The molecule has 0 amide bonds. The van der Waals surface area contributed by atoms with Gasteiger partial charge in [-0.2, -0.15) is 0 Å². The number of carbonyl (C=O) groups is 1. The summed E-state index contributed by atoms with van der Waals surface area (Å²) in [6, 6.07) is 5.32. The first-order valence-electron chi connectivity index (χ1n) is 6.28. The molecule has 0 bridgehead atoms. The van der Waals surface area contributed by atoms with E-state index in [1.807, 2.05) is 13.0 Å². The van der Waals surface area contributed by atoms with Crippen LogP contribution in [0.2, 0.25) is 0 Å². The Labute approximate surface area is 107 Å². The van der Waals surface area contributed by atoms with Crippen molar-refractivity contribution in [1.82, 2.24) is 0 Å². The van der Waals surface area contributed by atoms with Crippen molar-refractivity contribution in [2.24, 2.45) is 5.92 Å². The summed E-state index contributed by atoms with van der Waals surface area (Å²) in [7, 11) is 0. The van der Waals surface area contributed by atoms with E-state index >= 15 is 0 Å². The number of ether oxygens (including phenoxy) is 1. The monoisotopic (exact) mass is 249 g/mol. The van der Waals surface area contributed by atoms with Gasteiger partial charge in [-0.1, -0.05) is 12.1 Å². The number of hydrogen-bond acceptors (Lipinski definition) is 3. The summed E-state index contributed by atoms with van der Waals surface area (Å²) in [5.74, 6) is -0.442. The lowest BCUT2D eigenvalue weighted by Crippen LogP contribution is -2.22. The molecule has 4 nitrogen and oxygen atoms in total. The molecule has 2 atom stereocenters. The van der Waals surface area contributed by atoms with Gasteiger partial charge in [-0.15, -0.1) is 0 Å². The molecular weight excluding hydrogens is 230 g/mol. The maximum atomic E-state index is 11.2.